The van der Waals surface area contributed by atoms with E-state index in [0.29, 0.717) is 0 Å². The lowest BCUT2D eigenvalue weighted by atomic mass is 10.4. The molecule has 0 aromatic carbocycles. The predicted octanol–water partition coefficient (Wildman–Crippen LogP) is -1.10. The van der Waals surface area contributed by atoms with Gasteiger partial charge in [0.2, 0.25) is 0 Å². The summed E-state index contributed by atoms with van der Waals surface area (Å²) in [5.74, 6) is 1.23. The molecule has 0 radical (unpaired) electrons. The third-order valence-corrected chi connectivity index (χ3v) is 0.973. The largest absolute Gasteiger partial charge is 0.447 e. The highest BCUT2D eigenvalue weighted by Gasteiger charge is 2.16. The molecule has 62 valence electrons. The van der Waals surface area contributed by atoms with Crippen molar-refractivity contribution in [2.75, 3.05) is 6.61 Å². The summed E-state index contributed by atoms with van der Waals surface area (Å²) in [4.78, 5) is 10.6. The van der Waals surface area contributed by atoms with Crippen LogP contribution < -0.4 is 0 Å². The fraction of sp³-hybridized carbons (Fsp3) is 0.571. The molecule has 0 heterocycles. The molecule has 0 fully saturated rings. The SMILES string of the molecule is C#CC(C)OC(=O)C(O)CO. The fourth-order valence-electron chi connectivity index (χ4n) is 0.361. The van der Waals surface area contributed by atoms with Gasteiger partial charge in [-0.1, -0.05) is 5.92 Å². The molecule has 2 unspecified atom stereocenters. The average molecular weight is 158 g/mol. The number of aliphatic hydroxyl groups is 2. The molecule has 0 aliphatic carbocycles. The van der Waals surface area contributed by atoms with Crippen LogP contribution in [0.4, 0.5) is 0 Å². The monoisotopic (exact) mass is 158 g/mol. The van der Waals surface area contributed by atoms with Crippen LogP contribution in [0.5, 0.6) is 0 Å². The van der Waals surface area contributed by atoms with Crippen molar-refractivity contribution >= 4 is 5.97 Å². The second-order valence-corrected chi connectivity index (χ2v) is 1.94. The summed E-state index contributed by atoms with van der Waals surface area (Å²) in [6, 6.07) is 0. The van der Waals surface area contributed by atoms with Gasteiger partial charge in [0.1, 0.15) is 0 Å². The molecule has 0 saturated carbocycles. The molecule has 2 atom stereocenters. The van der Waals surface area contributed by atoms with Gasteiger partial charge in [-0.3, -0.25) is 0 Å². The van der Waals surface area contributed by atoms with Gasteiger partial charge in [-0.25, -0.2) is 4.79 Å². The van der Waals surface area contributed by atoms with E-state index in [1.165, 1.54) is 6.92 Å². The second-order valence-electron chi connectivity index (χ2n) is 1.94. The molecule has 0 spiro atoms. The van der Waals surface area contributed by atoms with Crippen molar-refractivity contribution in [3.8, 4) is 12.3 Å². The molecule has 0 rings (SSSR count). The van der Waals surface area contributed by atoms with Crippen molar-refractivity contribution in [3.05, 3.63) is 0 Å². The smallest absolute Gasteiger partial charge is 0.338 e. The second kappa shape index (κ2) is 4.72. The van der Waals surface area contributed by atoms with Gasteiger partial charge in [0.25, 0.3) is 0 Å². The van der Waals surface area contributed by atoms with Crippen LogP contribution >= 0.6 is 0 Å². The Labute approximate surface area is 64.8 Å². The van der Waals surface area contributed by atoms with Crippen LogP contribution in [0.1, 0.15) is 6.92 Å². The first kappa shape index (κ1) is 9.95. The molecule has 2 N–H and O–H groups in total. The number of carbonyl (C=O) groups is 1. The predicted molar refractivity (Wildman–Crippen MR) is 37.5 cm³/mol. The van der Waals surface area contributed by atoms with Gasteiger partial charge in [0.15, 0.2) is 12.2 Å². The third-order valence-electron chi connectivity index (χ3n) is 0.973. The first-order chi connectivity index (χ1) is 5.11. The van der Waals surface area contributed by atoms with E-state index in [0.717, 1.165) is 0 Å². The van der Waals surface area contributed by atoms with E-state index in [9.17, 15) is 4.79 Å². The van der Waals surface area contributed by atoms with Crippen molar-refractivity contribution in [2.45, 2.75) is 19.1 Å². The third kappa shape index (κ3) is 3.61. The molecule has 0 aromatic rings. The zero-order chi connectivity index (χ0) is 8.85. The van der Waals surface area contributed by atoms with E-state index in [2.05, 4.69) is 10.7 Å². The van der Waals surface area contributed by atoms with Crippen LogP contribution in [0.3, 0.4) is 0 Å². The molecule has 4 heteroatoms. The summed E-state index contributed by atoms with van der Waals surface area (Å²) in [5.41, 5.74) is 0. The van der Waals surface area contributed by atoms with Crippen molar-refractivity contribution in [3.63, 3.8) is 0 Å². The normalized spacial score (nSPS) is 14.7. The van der Waals surface area contributed by atoms with Gasteiger partial charge >= 0.3 is 5.97 Å². The minimum Gasteiger partial charge on any atom is -0.447 e. The van der Waals surface area contributed by atoms with E-state index >= 15 is 0 Å². The lowest BCUT2D eigenvalue weighted by molar-refractivity contribution is -0.157. The number of aliphatic hydroxyl groups excluding tert-OH is 2. The van der Waals surface area contributed by atoms with E-state index in [1.54, 1.807) is 0 Å². The molecular formula is C7H10O4. The molecule has 0 amide bonds. The summed E-state index contributed by atoms with van der Waals surface area (Å²) in [5, 5.41) is 17.0. The van der Waals surface area contributed by atoms with E-state index < -0.39 is 24.8 Å². The zero-order valence-electron chi connectivity index (χ0n) is 6.15. The summed E-state index contributed by atoms with van der Waals surface area (Å²) in [6.07, 6.45) is 2.72. The summed E-state index contributed by atoms with van der Waals surface area (Å²) < 4.78 is 4.47. The molecule has 0 aliphatic heterocycles. The first-order valence-corrected chi connectivity index (χ1v) is 3.07. The number of terminal acetylenes is 1. The van der Waals surface area contributed by atoms with Gasteiger partial charge in [-0.2, -0.15) is 0 Å². The Morgan fingerprint density at radius 1 is 1.82 bits per heavy atom. The highest BCUT2D eigenvalue weighted by molar-refractivity contribution is 5.74. The van der Waals surface area contributed by atoms with Crippen molar-refractivity contribution in [1.29, 1.82) is 0 Å². The van der Waals surface area contributed by atoms with Crippen LogP contribution in [0.2, 0.25) is 0 Å². The maximum atomic E-state index is 10.6. The van der Waals surface area contributed by atoms with Crippen LogP contribution in [0.15, 0.2) is 0 Å². The molecular weight excluding hydrogens is 148 g/mol. The standard InChI is InChI=1S/C7H10O4/c1-3-5(2)11-7(10)6(9)4-8/h1,5-6,8-9H,4H2,2H3. The average Bonchev–Trinajstić information content (AvgIpc) is 2.02. The maximum Gasteiger partial charge on any atom is 0.338 e. The number of carbonyl (C=O) groups excluding carboxylic acids is 1. The Kier molecular flexibility index (Phi) is 4.27. The Morgan fingerprint density at radius 3 is 2.73 bits per heavy atom. The number of hydrogen-bond acceptors (Lipinski definition) is 4. The Morgan fingerprint density at radius 2 is 2.36 bits per heavy atom. The number of rotatable bonds is 3. The van der Waals surface area contributed by atoms with Crippen molar-refractivity contribution in [2.24, 2.45) is 0 Å². The van der Waals surface area contributed by atoms with Gasteiger partial charge in [-0.15, -0.1) is 6.42 Å². The fourth-order valence-corrected chi connectivity index (χ4v) is 0.361. The van der Waals surface area contributed by atoms with Gasteiger partial charge in [0, 0.05) is 0 Å². The Bertz CT molecular complexity index is 170. The Balaban J connectivity index is 3.80. The summed E-state index contributed by atoms with van der Waals surface area (Å²) in [6.45, 7) is 0.831. The Hall–Kier alpha value is -1.05. The lowest BCUT2D eigenvalue weighted by Crippen LogP contribution is -2.29. The van der Waals surface area contributed by atoms with E-state index in [4.69, 9.17) is 16.6 Å². The van der Waals surface area contributed by atoms with Crippen LogP contribution in [0.25, 0.3) is 0 Å². The molecule has 0 aliphatic rings. The van der Waals surface area contributed by atoms with Gasteiger partial charge in [0.05, 0.1) is 6.61 Å². The molecule has 0 saturated heterocycles. The van der Waals surface area contributed by atoms with Crippen molar-refractivity contribution < 1.29 is 19.7 Å². The van der Waals surface area contributed by atoms with Crippen LogP contribution in [-0.2, 0) is 9.53 Å². The maximum absolute atomic E-state index is 10.6. The lowest BCUT2D eigenvalue weighted by Gasteiger charge is -2.09. The topological polar surface area (TPSA) is 66.8 Å². The minimum absolute atomic E-state index is 0.657. The molecule has 0 bridgehead atoms. The summed E-state index contributed by atoms with van der Waals surface area (Å²) >= 11 is 0. The highest BCUT2D eigenvalue weighted by Crippen LogP contribution is 1.93. The zero-order valence-corrected chi connectivity index (χ0v) is 6.15. The number of hydrogen-bond donors (Lipinski definition) is 2. The van der Waals surface area contributed by atoms with E-state index in [-0.39, 0.29) is 0 Å². The van der Waals surface area contributed by atoms with Gasteiger partial charge < -0.3 is 14.9 Å². The summed E-state index contributed by atoms with van der Waals surface area (Å²) in [7, 11) is 0. The molecule has 4 nitrogen and oxygen atoms in total. The molecule has 0 aromatic heterocycles. The quantitative estimate of drug-likeness (QED) is 0.404. The molecule has 11 heavy (non-hydrogen) atoms. The van der Waals surface area contributed by atoms with Gasteiger partial charge in [-0.05, 0) is 6.92 Å². The van der Waals surface area contributed by atoms with E-state index in [1.807, 2.05) is 0 Å². The van der Waals surface area contributed by atoms with Crippen LogP contribution in [0, 0.1) is 12.3 Å². The first-order valence-electron chi connectivity index (χ1n) is 3.07. The van der Waals surface area contributed by atoms with Crippen LogP contribution in [-0.4, -0.2) is 35.0 Å². The minimum atomic E-state index is -1.49. The van der Waals surface area contributed by atoms with Crippen molar-refractivity contribution in [1.82, 2.24) is 0 Å². The number of ether oxygens (including phenoxy) is 1. The number of esters is 1. The highest BCUT2D eigenvalue weighted by atomic mass is 16.6.